The van der Waals surface area contributed by atoms with Crippen LogP contribution in [0.25, 0.3) is 11.1 Å². The lowest BCUT2D eigenvalue weighted by atomic mass is 10.0. The van der Waals surface area contributed by atoms with Crippen LogP contribution in [-0.2, 0) is 0 Å². The summed E-state index contributed by atoms with van der Waals surface area (Å²) in [5, 5.41) is 9.31. The van der Waals surface area contributed by atoms with Crippen LogP contribution >= 0.6 is 15.9 Å². The van der Waals surface area contributed by atoms with Crippen LogP contribution in [0.2, 0.25) is 0 Å². The Hall–Kier alpha value is -2.39. The van der Waals surface area contributed by atoms with Crippen molar-refractivity contribution in [1.82, 2.24) is 4.98 Å². The average molecular weight is 345 g/mol. The number of aromatic nitrogens is 1. The van der Waals surface area contributed by atoms with Gasteiger partial charge in [0.15, 0.2) is 21.9 Å². The Labute approximate surface area is 128 Å². The maximum Gasteiger partial charge on any atom is 0.224 e. The summed E-state index contributed by atoms with van der Waals surface area (Å²) < 4.78 is 11.2. The van der Waals surface area contributed by atoms with Gasteiger partial charge in [-0.1, -0.05) is 12.1 Å². The third kappa shape index (κ3) is 2.36. The lowest BCUT2D eigenvalue weighted by Gasteiger charge is -2.02. The zero-order valence-electron chi connectivity index (χ0n) is 11.0. The average Bonchev–Trinajstić information content (AvgIpc) is 3.02. The molecule has 0 saturated carbocycles. The van der Waals surface area contributed by atoms with E-state index in [1.807, 2.05) is 12.1 Å². The van der Waals surface area contributed by atoms with Crippen molar-refractivity contribution >= 4 is 32.8 Å². The molecular formula is C15H9BrN2O3. The first-order valence-electron chi connectivity index (χ1n) is 6.15. The van der Waals surface area contributed by atoms with Crippen LogP contribution in [0.5, 0.6) is 0 Å². The second-order valence-electron chi connectivity index (χ2n) is 4.51. The third-order valence-corrected chi connectivity index (χ3v) is 3.45. The van der Waals surface area contributed by atoms with E-state index in [0.717, 1.165) is 0 Å². The van der Waals surface area contributed by atoms with Gasteiger partial charge in [-0.3, -0.25) is 4.79 Å². The predicted molar refractivity (Wildman–Crippen MR) is 77.8 cm³/mol. The standard InChI is InChI=1S/C15H9BrN2O3/c1-8-6-12(16)21-14(8)13(19)9(7-17)15-18-10-4-2-3-5-11(10)20-15/h2-6,9H,1H3. The Morgan fingerprint density at radius 3 is 2.76 bits per heavy atom. The molecular weight excluding hydrogens is 336 g/mol. The number of fused-ring (bicyclic) bond motifs is 1. The first-order chi connectivity index (χ1) is 10.1. The molecule has 0 saturated heterocycles. The largest absolute Gasteiger partial charge is 0.446 e. The molecule has 0 aliphatic carbocycles. The van der Waals surface area contributed by atoms with Crippen LogP contribution in [0, 0.1) is 18.3 Å². The highest BCUT2D eigenvalue weighted by Gasteiger charge is 2.30. The number of hydrogen-bond acceptors (Lipinski definition) is 5. The number of ketones is 1. The fourth-order valence-electron chi connectivity index (χ4n) is 2.06. The molecule has 0 radical (unpaired) electrons. The van der Waals surface area contributed by atoms with Gasteiger partial charge in [0, 0.05) is 0 Å². The molecule has 5 nitrogen and oxygen atoms in total. The van der Waals surface area contributed by atoms with Crippen molar-refractivity contribution in [3.63, 3.8) is 0 Å². The van der Waals surface area contributed by atoms with E-state index < -0.39 is 11.7 Å². The number of Topliss-reactive ketones (excluding diaryl/α,β-unsaturated/α-hetero) is 1. The SMILES string of the molecule is Cc1cc(Br)oc1C(=O)C(C#N)c1nc2ccccc2o1. The summed E-state index contributed by atoms with van der Waals surface area (Å²) in [7, 11) is 0. The van der Waals surface area contributed by atoms with Crippen LogP contribution in [0.3, 0.4) is 0 Å². The smallest absolute Gasteiger partial charge is 0.224 e. The Kier molecular flexibility index (Phi) is 3.35. The van der Waals surface area contributed by atoms with Gasteiger partial charge in [0.2, 0.25) is 11.7 Å². The Morgan fingerprint density at radius 2 is 2.14 bits per heavy atom. The quantitative estimate of drug-likeness (QED) is 0.671. The molecule has 0 aliphatic heterocycles. The van der Waals surface area contributed by atoms with Gasteiger partial charge in [0.25, 0.3) is 0 Å². The molecule has 3 aromatic rings. The minimum atomic E-state index is -1.13. The summed E-state index contributed by atoms with van der Waals surface area (Å²) in [6, 6.07) is 10.7. The number of furan rings is 1. The maximum absolute atomic E-state index is 12.5. The van der Waals surface area contributed by atoms with Gasteiger partial charge < -0.3 is 8.83 Å². The van der Waals surface area contributed by atoms with Gasteiger partial charge in [0.05, 0.1) is 6.07 Å². The maximum atomic E-state index is 12.5. The number of nitriles is 1. The molecule has 1 atom stereocenters. The second-order valence-corrected chi connectivity index (χ2v) is 5.29. The first kappa shape index (κ1) is 13.6. The highest BCUT2D eigenvalue weighted by molar-refractivity contribution is 9.10. The molecule has 0 spiro atoms. The lowest BCUT2D eigenvalue weighted by molar-refractivity contribution is 0.0941. The lowest BCUT2D eigenvalue weighted by Crippen LogP contribution is -2.11. The van der Waals surface area contributed by atoms with Crippen LogP contribution in [-0.4, -0.2) is 10.8 Å². The molecule has 0 aliphatic rings. The van der Waals surface area contributed by atoms with E-state index in [-0.39, 0.29) is 11.7 Å². The normalized spacial score (nSPS) is 12.2. The van der Waals surface area contributed by atoms with E-state index in [4.69, 9.17) is 8.83 Å². The first-order valence-corrected chi connectivity index (χ1v) is 6.94. The molecule has 0 bridgehead atoms. The summed E-state index contributed by atoms with van der Waals surface area (Å²) >= 11 is 3.17. The molecule has 1 aromatic carbocycles. The van der Waals surface area contributed by atoms with Gasteiger partial charge in [-0.15, -0.1) is 0 Å². The third-order valence-electron chi connectivity index (χ3n) is 3.06. The van der Waals surface area contributed by atoms with Gasteiger partial charge in [-0.05, 0) is 46.6 Å². The molecule has 2 aromatic heterocycles. The Bertz CT molecular complexity index is 840. The molecule has 2 heterocycles. The number of hydrogen-bond donors (Lipinski definition) is 0. The monoisotopic (exact) mass is 344 g/mol. The van der Waals surface area contributed by atoms with Crippen LogP contribution in [0.1, 0.15) is 27.9 Å². The van der Waals surface area contributed by atoms with Crippen molar-refractivity contribution in [1.29, 1.82) is 5.26 Å². The number of oxazole rings is 1. The number of carbonyl (C=O) groups excluding carboxylic acids is 1. The molecule has 21 heavy (non-hydrogen) atoms. The zero-order chi connectivity index (χ0) is 15.0. The minimum absolute atomic E-state index is 0.0793. The highest BCUT2D eigenvalue weighted by Crippen LogP contribution is 2.28. The second kappa shape index (κ2) is 5.19. The van der Waals surface area contributed by atoms with Gasteiger partial charge in [-0.25, -0.2) is 4.98 Å². The summed E-state index contributed by atoms with van der Waals surface area (Å²) in [5.41, 5.74) is 1.80. The number of carbonyl (C=O) groups is 1. The number of halogens is 1. The van der Waals surface area contributed by atoms with Crippen molar-refractivity contribution in [2.24, 2.45) is 0 Å². The van der Waals surface area contributed by atoms with Gasteiger partial charge >= 0.3 is 0 Å². The van der Waals surface area contributed by atoms with Crippen LogP contribution in [0.4, 0.5) is 0 Å². The molecule has 1 unspecified atom stereocenters. The summed E-state index contributed by atoms with van der Waals surface area (Å²) in [5.74, 6) is -1.38. The highest BCUT2D eigenvalue weighted by atomic mass is 79.9. The van der Waals surface area contributed by atoms with Gasteiger partial charge in [-0.2, -0.15) is 5.26 Å². The van der Waals surface area contributed by atoms with Crippen molar-refractivity contribution in [3.05, 3.63) is 52.2 Å². The fourth-order valence-corrected chi connectivity index (χ4v) is 2.56. The van der Waals surface area contributed by atoms with E-state index in [0.29, 0.717) is 21.3 Å². The topological polar surface area (TPSA) is 80.0 Å². The predicted octanol–water partition coefficient (Wildman–Crippen LogP) is 3.98. The van der Waals surface area contributed by atoms with E-state index in [9.17, 15) is 10.1 Å². The van der Waals surface area contributed by atoms with Crippen molar-refractivity contribution in [2.75, 3.05) is 0 Å². The number of nitrogens with zero attached hydrogens (tertiary/aromatic N) is 2. The van der Waals surface area contributed by atoms with Gasteiger partial charge in [0.1, 0.15) is 5.52 Å². The number of aryl methyl sites for hydroxylation is 1. The van der Waals surface area contributed by atoms with E-state index >= 15 is 0 Å². The summed E-state index contributed by atoms with van der Waals surface area (Å²) in [4.78, 5) is 16.7. The van der Waals surface area contributed by atoms with Crippen molar-refractivity contribution in [2.45, 2.75) is 12.8 Å². The van der Waals surface area contributed by atoms with E-state index in [1.165, 1.54) is 0 Å². The van der Waals surface area contributed by atoms with Crippen LogP contribution in [0.15, 0.2) is 43.8 Å². The zero-order valence-corrected chi connectivity index (χ0v) is 12.5. The summed E-state index contributed by atoms with van der Waals surface area (Å²) in [6.07, 6.45) is 0. The molecule has 104 valence electrons. The van der Waals surface area contributed by atoms with E-state index in [2.05, 4.69) is 20.9 Å². The molecule has 0 amide bonds. The molecule has 0 N–H and O–H groups in total. The number of rotatable bonds is 3. The van der Waals surface area contributed by atoms with Crippen LogP contribution < -0.4 is 0 Å². The number of benzene rings is 1. The Balaban J connectivity index is 2.04. The number of para-hydroxylation sites is 2. The van der Waals surface area contributed by atoms with E-state index in [1.54, 1.807) is 31.2 Å². The fraction of sp³-hybridized carbons (Fsp3) is 0.133. The minimum Gasteiger partial charge on any atom is -0.446 e. The Morgan fingerprint density at radius 1 is 1.38 bits per heavy atom. The molecule has 0 fully saturated rings. The molecule has 3 rings (SSSR count). The van der Waals surface area contributed by atoms with Crippen molar-refractivity contribution in [3.8, 4) is 6.07 Å². The summed E-state index contributed by atoms with van der Waals surface area (Å²) in [6.45, 7) is 1.74. The molecule has 6 heteroatoms. The van der Waals surface area contributed by atoms with Crippen molar-refractivity contribution < 1.29 is 13.6 Å².